The third kappa shape index (κ3) is 4.20. The zero-order chi connectivity index (χ0) is 32.7. The van der Waals surface area contributed by atoms with Crippen molar-refractivity contribution in [3.63, 3.8) is 0 Å². The summed E-state index contributed by atoms with van der Waals surface area (Å²) < 4.78 is 25.9. The molecule has 2 spiro atoms. The average molecular weight is 645 g/mol. The molecule has 0 radical (unpaired) electrons. The highest BCUT2D eigenvalue weighted by molar-refractivity contribution is 5.33. The first-order chi connectivity index (χ1) is 21.6. The quantitative estimate of drug-likeness (QED) is 0.387. The lowest BCUT2D eigenvalue weighted by atomic mass is 9.41. The minimum atomic E-state index is -1.01. The van der Waals surface area contributed by atoms with Crippen LogP contribution in [0.2, 0.25) is 0 Å². The van der Waals surface area contributed by atoms with Crippen LogP contribution in [-0.4, -0.2) is 103 Å². The van der Waals surface area contributed by atoms with Gasteiger partial charge in [0.05, 0.1) is 36.6 Å². The molecule has 0 aromatic rings. The molecule has 0 aromatic carbocycles. The lowest BCUT2D eigenvalue weighted by Crippen LogP contribution is -2.62. The largest absolute Gasteiger partial charge is 0.390 e. The topological polar surface area (TPSA) is 92.7 Å². The molecule has 8 fully saturated rings. The van der Waals surface area contributed by atoms with Gasteiger partial charge in [0.15, 0.2) is 6.29 Å². The van der Waals surface area contributed by atoms with E-state index in [-0.39, 0.29) is 40.8 Å². The van der Waals surface area contributed by atoms with Crippen LogP contribution in [0.1, 0.15) is 99.8 Å². The fourth-order valence-corrected chi connectivity index (χ4v) is 14.4. The average Bonchev–Trinajstić information content (AvgIpc) is 3.58. The summed E-state index contributed by atoms with van der Waals surface area (Å²) in [6, 6.07) is 0.634. The van der Waals surface area contributed by atoms with Crippen LogP contribution in [0, 0.1) is 50.7 Å². The molecule has 0 bridgehead atoms. The Balaban J connectivity index is 1.03. The van der Waals surface area contributed by atoms with Crippen molar-refractivity contribution in [3.05, 3.63) is 0 Å². The van der Waals surface area contributed by atoms with Crippen molar-refractivity contribution in [2.24, 2.45) is 50.7 Å². The summed E-state index contributed by atoms with van der Waals surface area (Å²) in [7, 11) is 1.68. The van der Waals surface area contributed by atoms with E-state index in [2.05, 4.69) is 44.8 Å². The molecule has 8 heteroatoms. The van der Waals surface area contributed by atoms with Crippen LogP contribution in [0.5, 0.6) is 0 Å². The predicted octanol–water partition coefficient (Wildman–Crippen LogP) is 4.60. The molecule has 14 atom stereocenters. The number of nitrogens with zero attached hydrogens (tertiary/aromatic N) is 1. The highest BCUT2D eigenvalue weighted by Gasteiger charge is 2.84. The lowest BCUT2D eigenvalue weighted by Gasteiger charge is -2.64. The Morgan fingerprint density at radius 2 is 1.72 bits per heavy atom. The van der Waals surface area contributed by atoms with E-state index in [0.717, 1.165) is 45.6 Å². The molecule has 3 N–H and O–H groups in total. The minimum Gasteiger partial charge on any atom is -0.390 e. The van der Waals surface area contributed by atoms with Crippen LogP contribution in [0.4, 0.5) is 0 Å². The van der Waals surface area contributed by atoms with E-state index in [9.17, 15) is 10.2 Å². The summed E-state index contributed by atoms with van der Waals surface area (Å²) in [5.74, 6) is 1.87. The van der Waals surface area contributed by atoms with Crippen molar-refractivity contribution in [2.45, 2.75) is 148 Å². The SMILES string of the molecule is CO[C@@H]([C@H]1C[C@@H](C)[C@H]2[C@H](O1)[C@H](O)[C@@]1(C)[C@@H]3CC[C@H]4C(C)(C)[C@@H](O[C@H]5CN(C6CNC6)CCO5)CCC45C[C@@]35CC[C@]21C)C(C)(C)O. The fourth-order valence-electron chi connectivity index (χ4n) is 14.4. The molecule has 46 heavy (non-hydrogen) atoms. The van der Waals surface area contributed by atoms with Gasteiger partial charge in [-0.25, -0.2) is 0 Å². The summed E-state index contributed by atoms with van der Waals surface area (Å²) in [4.78, 5) is 2.57. The molecule has 262 valence electrons. The number of fused-ring (bicyclic) bond motifs is 4. The van der Waals surface area contributed by atoms with E-state index in [1.54, 1.807) is 7.11 Å². The number of nitrogens with one attached hydrogen (secondary N) is 1. The molecule has 5 aliphatic carbocycles. The van der Waals surface area contributed by atoms with Crippen molar-refractivity contribution < 1.29 is 29.2 Å². The molecule has 3 aliphatic heterocycles. The molecule has 8 aliphatic rings. The van der Waals surface area contributed by atoms with Crippen LogP contribution in [0.15, 0.2) is 0 Å². The van der Waals surface area contributed by atoms with E-state index < -0.39 is 17.8 Å². The van der Waals surface area contributed by atoms with Gasteiger partial charge in [0.1, 0.15) is 6.10 Å². The molecule has 5 saturated carbocycles. The molecular formula is C38H64N2O6. The summed E-state index contributed by atoms with van der Waals surface area (Å²) >= 11 is 0. The highest BCUT2D eigenvalue weighted by atomic mass is 16.7. The summed E-state index contributed by atoms with van der Waals surface area (Å²) in [6.07, 6.45) is 8.16. The van der Waals surface area contributed by atoms with Crippen LogP contribution in [-0.2, 0) is 18.9 Å². The van der Waals surface area contributed by atoms with Crippen LogP contribution in [0.3, 0.4) is 0 Å². The number of hydrogen-bond donors (Lipinski definition) is 3. The zero-order valence-corrected chi connectivity index (χ0v) is 30.0. The van der Waals surface area contributed by atoms with Crippen LogP contribution in [0.25, 0.3) is 0 Å². The van der Waals surface area contributed by atoms with Crippen molar-refractivity contribution >= 4 is 0 Å². The fraction of sp³-hybridized carbons (Fsp3) is 1.00. The van der Waals surface area contributed by atoms with Crippen molar-refractivity contribution in [3.8, 4) is 0 Å². The Morgan fingerprint density at radius 3 is 2.39 bits per heavy atom. The van der Waals surface area contributed by atoms with E-state index in [0.29, 0.717) is 40.5 Å². The minimum absolute atomic E-state index is 0.0291. The number of aliphatic hydroxyl groups is 2. The second-order valence-corrected chi connectivity index (χ2v) is 19.1. The first-order valence-corrected chi connectivity index (χ1v) is 18.9. The van der Waals surface area contributed by atoms with Crippen LogP contribution < -0.4 is 5.32 Å². The van der Waals surface area contributed by atoms with Crippen molar-refractivity contribution in [1.82, 2.24) is 10.2 Å². The van der Waals surface area contributed by atoms with Gasteiger partial charge < -0.3 is 34.5 Å². The van der Waals surface area contributed by atoms with Gasteiger partial charge in [-0.05, 0) is 111 Å². The Hall–Kier alpha value is -0.320. The van der Waals surface area contributed by atoms with E-state index in [1.807, 2.05) is 13.8 Å². The van der Waals surface area contributed by atoms with Gasteiger partial charge in [-0.3, -0.25) is 4.90 Å². The summed E-state index contributed by atoms with van der Waals surface area (Å²) in [5.41, 5.74) is -0.390. The van der Waals surface area contributed by atoms with Crippen LogP contribution >= 0.6 is 0 Å². The molecule has 0 aromatic heterocycles. The molecule has 3 heterocycles. The predicted molar refractivity (Wildman–Crippen MR) is 176 cm³/mol. The summed E-state index contributed by atoms with van der Waals surface area (Å²) in [5, 5.41) is 26.9. The lowest BCUT2D eigenvalue weighted by molar-refractivity contribution is -0.251. The Morgan fingerprint density at radius 1 is 1.00 bits per heavy atom. The molecule has 8 rings (SSSR count). The first-order valence-electron chi connectivity index (χ1n) is 18.9. The number of aliphatic hydroxyl groups excluding tert-OH is 1. The zero-order valence-electron chi connectivity index (χ0n) is 30.0. The second-order valence-electron chi connectivity index (χ2n) is 19.1. The third-order valence-electron chi connectivity index (χ3n) is 16.7. The van der Waals surface area contributed by atoms with Gasteiger partial charge in [-0.2, -0.15) is 0 Å². The van der Waals surface area contributed by atoms with E-state index in [4.69, 9.17) is 18.9 Å². The maximum atomic E-state index is 12.5. The number of morpholine rings is 1. The summed E-state index contributed by atoms with van der Waals surface area (Å²) in [6.45, 7) is 20.8. The Labute approximate surface area is 278 Å². The van der Waals surface area contributed by atoms with E-state index in [1.165, 1.54) is 38.5 Å². The normalized spacial score (nSPS) is 54.0. The number of rotatable bonds is 6. The maximum absolute atomic E-state index is 12.5. The molecule has 8 nitrogen and oxygen atoms in total. The molecule has 1 unspecified atom stereocenters. The monoisotopic (exact) mass is 644 g/mol. The molecule has 3 saturated heterocycles. The van der Waals surface area contributed by atoms with Gasteiger partial charge in [0.25, 0.3) is 0 Å². The Kier molecular flexibility index (Phi) is 7.57. The molecular weight excluding hydrogens is 580 g/mol. The molecule has 0 amide bonds. The first kappa shape index (κ1) is 32.9. The number of hydrogen-bond acceptors (Lipinski definition) is 8. The number of ether oxygens (including phenoxy) is 4. The van der Waals surface area contributed by atoms with E-state index >= 15 is 0 Å². The number of methoxy groups -OCH3 is 1. The highest BCUT2D eigenvalue weighted by Crippen LogP contribution is 2.89. The Bertz CT molecular complexity index is 1190. The van der Waals surface area contributed by atoms with Gasteiger partial charge in [0, 0.05) is 44.7 Å². The van der Waals surface area contributed by atoms with Gasteiger partial charge >= 0.3 is 0 Å². The smallest absolute Gasteiger partial charge is 0.170 e. The third-order valence-corrected chi connectivity index (χ3v) is 16.7. The second kappa shape index (κ2) is 10.6. The standard InChI is InChI=1S/C38H64N2O6/c1-22-17-24(32(43-8)34(4,5)42)45-30-29(22)35(6)13-14-38-21-37(38)12-11-27(46-28-20-40(15-16-44-28)23-18-39-19-23)33(2,3)25(37)9-10-26(38)36(35,7)31(30)41/h22-32,39,41-42H,9-21H2,1-8H3/t22-,24-,25+,26+,27+,28+,29+,30+,31+,32+,35-,36-,37?,38+/m1/s1. The maximum Gasteiger partial charge on any atom is 0.170 e. The van der Waals surface area contributed by atoms with Crippen molar-refractivity contribution in [2.75, 3.05) is 39.9 Å². The van der Waals surface area contributed by atoms with Gasteiger partial charge in [0.2, 0.25) is 0 Å². The van der Waals surface area contributed by atoms with Gasteiger partial charge in [-0.15, -0.1) is 0 Å². The van der Waals surface area contributed by atoms with Crippen molar-refractivity contribution in [1.29, 1.82) is 0 Å². The van der Waals surface area contributed by atoms with Gasteiger partial charge in [-0.1, -0.05) is 34.6 Å².